The summed E-state index contributed by atoms with van der Waals surface area (Å²) in [5, 5.41) is 3.70. The molecule has 1 aromatic heterocycles. The Kier molecular flexibility index (Phi) is 4.36. The predicted octanol–water partition coefficient (Wildman–Crippen LogP) is 3.28. The van der Waals surface area contributed by atoms with Gasteiger partial charge in [-0.15, -0.1) is 0 Å². The monoisotopic (exact) mass is 264 g/mol. The highest BCUT2D eigenvalue weighted by Gasteiger charge is 2.29. The van der Waals surface area contributed by atoms with Crippen molar-refractivity contribution in [1.29, 1.82) is 0 Å². The van der Waals surface area contributed by atoms with Crippen molar-refractivity contribution in [2.45, 2.75) is 46.6 Å². The summed E-state index contributed by atoms with van der Waals surface area (Å²) in [6.45, 7) is 12.2. The molecule has 1 saturated heterocycles. The van der Waals surface area contributed by atoms with Gasteiger partial charge in [-0.05, 0) is 65.2 Å². The molecule has 0 saturated carbocycles. The van der Waals surface area contributed by atoms with Crippen LogP contribution >= 0.6 is 0 Å². The van der Waals surface area contributed by atoms with Crippen molar-refractivity contribution in [1.82, 2.24) is 10.2 Å². The number of rotatable bonds is 4. The maximum atomic E-state index is 5.62. The summed E-state index contributed by atoms with van der Waals surface area (Å²) in [5.41, 5.74) is 1.74. The molecule has 0 amide bonds. The van der Waals surface area contributed by atoms with E-state index in [0.29, 0.717) is 11.5 Å². The Morgan fingerprint density at radius 2 is 2.00 bits per heavy atom. The Morgan fingerprint density at radius 1 is 1.37 bits per heavy atom. The largest absolute Gasteiger partial charge is 0.466 e. The number of aryl methyl sites for hydroxylation is 2. The van der Waals surface area contributed by atoms with Crippen LogP contribution in [0.15, 0.2) is 10.5 Å². The first kappa shape index (κ1) is 14.6. The lowest BCUT2D eigenvalue weighted by molar-refractivity contribution is 0.134. The lowest BCUT2D eigenvalue weighted by Crippen LogP contribution is -2.42. The van der Waals surface area contributed by atoms with Crippen LogP contribution in [0.2, 0.25) is 0 Å². The molecule has 3 nitrogen and oxygen atoms in total. The summed E-state index contributed by atoms with van der Waals surface area (Å²) in [6, 6.07) is 2.53. The van der Waals surface area contributed by atoms with E-state index in [4.69, 9.17) is 4.42 Å². The Balaban J connectivity index is 1.90. The van der Waals surface area contributed by atoms with Crippen molar-refractivity contribution in [2.75, 3.05) is 26.7 Å². The number of hydrogen-bond acceptors (Lipinski definition) is 3. The fourth-order valence-electron chi connectivity index (χ4n) is 2.92. The molecule has 2 rings (SSSR count). The number of nitrogens with zero attached hydrogens (tertiary/aromatic N) is 1. The fraction of sp³-hybridized carbons (Fsp3) is 0.750. The molecule has 0 aliphatic carbocycles. The van der Waals surface area contributed by atoms with Crippen LogP contribution in [0.4, 0.5) is 0 Å². The van der Waals surface area contributed by atoms with Crippen molar-refractivity contribution < 1.29 is 4.42 Å². The number of likely N-dealkylation sites (tertiary alicyclic amines) is 1. The lowest BCUT2D eigenvalue weighted by atomic mass is 9.80. The second-order valence-corrected chi connectivity index (χ2v) is 6.59. The minimum absolute atomic E-state index is 0.369. The number of hydrogen-bond donors (Lipinski definition) is 1. The van der Waals surface area contributed by atoms with Gasteiger partial charge < -0.3 is 14.6 Å². The highest BCUT2D eigenvalue weighted by molar-refractivity contribution is 5.23. The van der Waals surface area contributed by atoms with Gasteiger partial charge in [0.2, 0.25) is 0 Å². The maximum Gasteiger partial charge on any atom is 0.105 e. The van der Waals surface area contributed by atoms with E-state index in [1.807, 2.05) is 6.92 Å². The van der Waals surface area contributed by atoms with Gasteiger partial charge in [0.05, 0.1) is 0 Å². The third-order valence-electron chi connectivity index (χ3n) is 4.58. The first-order chi connectivity index (χ1) is 8.89. The minimum Gasteiger partial charge on any atom is -0.466 e. The van der Waals surface area contributed by atoms with Gasteiger partial charge in [-0.25, -0.2) is 0 Å². The van der Waals surface area contributed by atoms with Crippen LogP contribution in [0.3, 0.4) is 0 Å². The van der Waals surface area contributed by atoms with E-state index in [1.165, 1.54) is 31.5 Å². The second-order valence-electron chi connectivity index (χ2n) is 6.59. The molecule has 108 valence electrons. The third kappa shape index (κ3) is 3.61. The van der Waals surface area contributed by atoms with E-state index in [1.54, 1.807) is 0 Å². The highest BCUT2D eigenvalue weighted by atomic mass is 16.3. The molecule has 0 bridgehead atoms. The van der Waals surface area contributed by atoms with Gasteiger partial charge in [0, 0.05) is 18.2 Å². The van der Waals surface area contributed by atoms with Crippen LogP contribution in [0, 0.1) is 19.3 Å². The summed E-state index contributed by atoms with van der Waals surface area (Å²) in [5.74, 6) is 2.05. The molecule has 2 heterocycles. The zero-order chi connectivity index (χ0) is 14.0. The van der Waals surface area contributed by atoms with Crippen LogP contribution in [-0.4, -0.2) is 31.6 Å². The van der Waals surface area contributed by atoms with E-state index in [0.717, 1.165) is 18.1 Å². The van der Waals surface area contributed by atoms with Gasteiger partial charge in [0.15, 0.2) is 0 Å². The molecule has 0 spiro atoms. The van der Waals surface area contributed by atoms with Crippen LogP contribution in [-0.2, 0) is 0 Å². The molecule has 19 heavy (non-hydrogen) atoms. The van der Waals surface area contributed by atoms with E-state index in [2.05, 4.69) is 44.1 Å². The molecule has 1 aliphatic rings. The Morgan fingerprint density at radius 3 is 2.53 bits per heavy atom. The number of piperidine rings is 1. The maximum absolute atomic E-state index is 5.62. The molecule has 1 fully saturated rings. The quantitative estimate of drug-likeness (QED) is 0.904. The second kappa shape index (κ2) is 5.68. The normalized spacial score (nSPS) is 21.5. The SMILES string of the molecule is Cc1cc(C(C)NCC2(C)CCN(C)CC2)c(C)o1. The molecule has 1 aliphatic heterocycles. The van der Waals surface area contributed by atoms with Crippen molar-refractivity contribution >= 4 is 0 Å². The molecule has 0 radical (unpaired) electrons. The fourth-order valence-corrected chi connectivity index (χ4v) is 2.92. The molecule has 1 atom stereocenters. The summed E-state index contributed by atoms with van der Waals surface area (Å²) in [6.07, 6.45) is 2.57. The average Bonchev–Trinajstić information content (AvgIpc) is 2.70. The van der Waals surface area contributed by atoms with Crippen LogP contribution in [0.1, 0.15) is 49.8 Å². The van der Waals surface area contributed by atoms with Crippen LogP contribution in [0.5, 0.6) is 0 Å². The average molecular weight is 264 g/mol. The van der Waals surface area contributed by atoms with Crippen molar-refractivity contribution in [3.8, 4) is 0 Å². The first-order valence-corrected chi connectivity index (χ1v) is 7.38. The van der Waals surface area contributed by atoms with Crippen molar-refractivity contribution in [2.24, 2.45) is 5.41 Å². The molecule has 1 unspecified atom stereocenters. The Bertz CT molecular complexity index is 416. The first-order valence-electron chi connectivity index (χ1n) is 7.38. The zero-order valence-electron chi connectivity index (χ0n) is 13.0. The zero-order valence-corrected chi connectivity index (χ0v) is 13.0. The van der Waals surface area contributed by atoms with Gasteiger partial charge in [0.1, 0.15) is 11.5 Å². The molecule has 1 N–H and O–H groups in total. The smallest absolute Gasteiger partial charge is 0.105 e. The van der Waals surface area contributed by atoms with Crippen molar-refractivity contribution in [3.05, 3.63) is 23.2 Å². The molecule has 0 aromatic carbocycles. The Labute approximate surface area is 117 Å². The molecule has 1 aromatic rings. The van der Waals surface area contributed by atoms with Crippen LogP contribution in [0.25, 0.3) is 0 Å². The van der Waals surface area contributed by atoms with Gasteiger partial charge >= 0.3 is 0 Å². The number of nitrogens with one attached hydrogen (secondary N) is 1. The summed E-state index contributed by atoms with van der Waals surface area (Å²) in [4.78, 5) is 2.43. The van der Waals surface area contributed by atoms with E-state index in [9.17, 15) is 0 Å². The minimum atomic E-state index is 0.369. The van der Waals surface area contributed by atoms with Gasteiger partial charge in [-0.1, -0.05) is 6.92 Å². The van der Waals surface area contributed by atoms with E-state index in [-0.39, 0.29) is 0 Å². The topological polar surface area (TPSA) is 28.4 Å². The van der Waals surface area contributed by atoms with Crippen LogP contribution < -0.4 is 5.32 Å². The standard InChI is InChI=1S/C16H28N2O/c1-12-10-15(14(3)19-12)13(2)17-11-16(4)6-8-18(5)9-7-16/h10,13,17H,6-9,11H2,1-5H3. The predicted molar refractivity (Wildman–Crippen MR) is 79.4 cm³/mol. The summed E-state index contributed by atoms with van der Waals surface area (Å²) >= 11 is 0. The van der Waals surface area contributed by atoms with E-state index < -0.39 is 0 Å². The van der Waals surface area contributed by atoms with Gasteiger partial charge in [-0.2, -0.15) is 0 Å². The number of furan rings is 1. The third-order valence-corrected chi connectivity index (χ3v) is 4.58. The summed E-state index contributed by atoms with van der Waals surface area (Å²) in [7, 11) is 2.22. The molecule has 3 heteroatoms. The highest BCUT2D eigenvalue weighted by Crippen LogP contribution is 2.30. The molecular weight excluding hydrogens is 236 g/mol. The van der Waals surface area contributed by atoms with Gasteiger partial charge in [0.25, 0.3) is 0 Å². The summed E-state index contributed by atoms with van der Waals surface area (Å²) < 4.78 is 5.62. The Hall–Kier alpha value is -0.800. The van der Waals surface area contributed by atoms with Crippen molar-refractivity contribution in [3.63, 3.8) is 0 Å². The van der Waals surface area contributed by atoms with E-state index >= 15 is 0 Å². The van der Waals surface area contributed by atoms with Gasteiger partial charge in [-0.3, -0.25) is 0 Å². The molecular formula is C16H28N2O. The lowest BCUT2D eigenvalue weighted by Gasteiger charge is -2.38.